The summed E-state index contributed by atoms with van der Waals surface area (Å²) in [5.74, 6) is -0.128. The number of rotatable bonds is 4. The molecule has 0 unspecified atom stereocenters. The maximum absolute atomic E-state index is 13.0. The Hall–Kier alpha value is -3.13. The van der Waals surface area contributed by atoms with E-state index in [2.05, 4.69) is 31.7 Å². The Labute approximate surface area is 186 Å². The van der Waals surface area contributed by atoms with Crippen LogP contribution in [0.3, 0.4) is 0 Å². The average molecular weight is 481 g/mol. The quantitative estimate of drug-likeness (QED) is 0.457. The van der Waals surface area contributed by atoms with Gasteiger partial charge in [0, 0.05) is 33.7 Å². The largest absolute Gasteiger partial charge is 0.451 e. The third-order valence-corrected chi connectivity index (χ3v) is 6.42. The molecule has 0 spiro atoms. The number of pyridine rings is 1. The first-order valence-electron chi connectivity index (χ1n) is 10.2. The molecule has 4 aromatic rings. The minimum Gasteiger partial charge on any atom is -0.451 e. The lowest BCUT2D eigenvalue weighted by molar-refractivity contribution is 0.0877. The van der Waals surface area contributed by atoms with Crippen LogP contribution >= 0.6 is 15.9 Å². The van der Waals surface area contributed by atoms with Crippen molar-refractivity contribution < 1.29 is 14.0 Å². The number of aryl methyl sites for hydroxylation is 1. The fourth-order valence-electron chi connectivity index (χ4n) is 4.30. The first-order chi connectivity index (χ1) is 15.0. The molecule has 1 fully saturated rings. The molecule has 8 heteroatoms. The first-order valence-corrected chi connectivity index (χ1v) is 11.0. The van der Waals surface area contributed by atoms with E-state index in [0.717, 1.165) is 40.2 Å². The number of hydrogen-bond donors (Lipinski definition) is 2. The summed E-state index contributed by atoms with van der Waals surface area (Å²) < 4.78 is 8.42. The predicted octanol–water partition coefficient (Wildman–Crippen LogP) is 4.23. The van der Waals surface area contributed by atoms with Crippen LogP contribution in [-0.2, 0) is 0 Å². The molecule has 1 aliphatic carbocycles. The van der Waals surface area contributed by atoms with Crippen molar-refractivity contribution in [3.8, 4) is 0 Å². The Balaban J connectivity index is 1.32. The van der Waals surface area contributed by atoms with Crippen LogP contribution in [0.25, 0.3) is 16.5 Å². The smallest absolute Gasteiger partial charge is 0.287 e. The molecule has 1 aromatic carbocycles. The minimum absolute atomic E-state index is 0.144. The van der Waals surface area contributed by atoms with Crippen LogP contribution in [0.4, 0.5) is 0 Å². The summed E-state index contributed by atoms with van der Waals surface area (Å²) >= 11 is 3.46. The van der Waals surface area contributed by atoms with Crippen LogP contribution in [0, 0.1) is 6.92 Å². The molecule has 3 aromatic heterocycles. The lowest BCUT2D eigenvalue weighted by Gasteiger charge is -2.21. The highest BCUT2D eigenvalue weighted by atomic mass is 79.9. The van der Waals surface area contributed by atoms with Crippen molar-refractivity contribution in [1.82, 2.24) is 20.2 Å². The van der Waals surface area contributed by atoms with Gasteiger partial charge < -0.3 is 15.1 Å². The van der Waals surface area contributed by atoms with Crippen molar-refractivity contribution in [3.05, 3.63) is 70.2 Å². The molecule has 0 aliphatic heterocycles. The van der Waals surface area contributed by atoms with Crippen molar-refractivity contribution >= 4 is 44.2 Å². The summed E-state index contributed by atoms with van der Waals surface area (Å²) in [5.41, 5.74) is 2.76. The van der Waals surface area contributed by atoms with E-state index in [1.807, 2.05) is 43.3 Å². The van der Waals surface area contributed by atoms with Crippen molar-refractivity contribution in [1.29, 1.82) is 0 Å². The van der Waals surface area contributed by atoms with E-state index in [9.17, 15) is 9.59 Å². The Kier molecular flexibility index (Phi) is 5.02. The Morgan fingerprint density at radius 3 is 2.71 bits per heavy atom. The van der Waals surface area contributed by atoms with E-state index in [0.29, 0.717) is 16.9 Å². The topological polar surface area (TPSA) is 88.6 Å². The van der Waals surface area contributed by atoms with Crippen LogP contribution in [0.1, 0.15) is 45.7 Å². The van der Waals surface area contributed by atoms with E-state index in [-0.39, 0.29) is 23.9 Å². The number of nitrogens with zero attached hydrogens (tertiary/aromatic N) is 2. The number of furan rings is 1. The van der Waals surface area contributed by atoms with Gasteiger partial charge in [0.1, 0.15) is 5.58 Å². The van der Waals surface area contributed by atoms with Gasteiger partial charge in [-0.3, -0.25) is 9.59 Å². The van der Waals surface area contributed by atoms with Gasteiger partial charge in [-0.25, -0.2) is 4.52 Å². The van der Waals surface area contributed by atoms with E-state index in [1.165, 1.54) is 0 Å². The third-order valence-electron chi connectivity index (χ3n) is 5.92. The average Bonchev–Trinajstić information content (AvgIpc) is 3.46. The number of aromatic nitrogens is 2. The molecule has 2 N–H and O–H groups in total. The molecule has 1 saturated carbocycles. The third kappa shape index (κ3) is 3.61. The molecule has 1 aliphatic rings. The maximum atomic E-state index is 13.0. The second-order valence-electron chi connectivity index (χ2n) is 7.88. The zero-order valence-electron chi connectivity index (χ0n) is 16.9. The second-order valence-corrected chi connectivity index (χ2v) is 8.79. The summed E-state index contributed by atoms with van der Waals surface area (Å²) in [6.07, 6.45) is 5.91. The standard InChI is InChI=1S/C23H21BrN4O3/c1-13-15-11-14(24)8-9-20(15)31-21(13)23(30)27-18-6-4-5-17(18)26-22(29)16-12-25-28-10-3-2-7-19(16)28/h2-3,7-12,17-18H,4-6H2,1H3,(H,26,29)(H,27,30)/t17-,18-/m1/s1. The van der Waals surface area contributed by atoms with Crippen LogP contribution < -0.4 is 10.6 Å². The highest BCUT2D eigenvalue weighted by Gasteiger charge is 2.32. The Bertz CT molecular complexity index is 1310. The number of fused-ring (bicyclic) bond motifs is 2. The second kappa shape index (κ2) is 7.85. The first kappa shape index (κ1) is 19.8. The van der Waals surface area contributed by atoms with Gasteiger partial charge in [0.15, 0.2) is 5.76 Å². The van der Waals surface area contributed by atoms with Crippen LogP contribution in [0.5, 0.6) is 0 Å². The highest BCUT2D eigenvalue weighted by Crippen LogP contribution is 2.29. The number of hydrogen-bond acceptors (Lipinski definition) is 4. The van der Waals surface area contributed by atoms with Crippen LogP contribution in [0.15, 0.2) is 57.7 Å². The molecule has 3 heterocycles. The summed E-state index contributed by atoms with van der Waals surface area (Å²) in [5, 5.41) is 11.3. The van der Waals surface area contributed by atoms with Gasteiger partial charge in [-0.2, -0.15) is 5.10 Å². The molecule has 2 amide bonds. The predicted molar refractivity (Wildman–Crippen MR) is 120 cm³/mol. The van der Waals surface area contributed by atoms with Gasteiger partial charge in [-0.15, -0.1) is 0 Å². The van der Waals surface area contributed by atoms with E-state index in [1.54, 1.807) is 16.9 Å². The summed E-state index contributed by atoms with van der Waals surface area (Å²) in [6, 6.07) is 11.0. The normalized spacial score (nSPS) is 18.5. The van der Waals surface area contributed by atoms with Gasteiger partial charge in [0.05, 0.1) is 17.3 Å². The molecule has 31 heavy (non-hydrogen) atoms. The van der Waals surface area contributed by atoms with Gasteiger partial charge >= 0.3 is 0 Å². The SMILES string of the molecule is Cc1c(C(=O)N[C@@H]2CCC[C@H]2NC(=O)c2cnn3ccccc23)oc2ccc(Br)cc12. The lowest BCUT2D eigenvalue weighted by Crippen LogP contribution is -2.48. The molecule has 0 bridgehead atoms. The van der Waals surface area contributed by atoms with E-state index in [4.69, 9.17) is 4.42 Å². The van der Waals surface area contributed by atoms with E-state index >= 15 is 0 Å². The van der Waals surface area contributed by atoms with Gasteiger partial charge in [0.2, 0.25) is 0 Å². The Morgan fingerprint density at radius 2 is 1.90 bits per heavy atom. The monoisotopic (exact) mass is 480 g/mol. The fraction of sp³-hybridized carbons (Fsp3) is 0.261. The van der Waals surface area contributed by atoms with Gasteiger partial charge in [0.25, 0.3) is 11.8 Å². The van der Waals surface area contributed by atoms with Gasteiger partial charge in [-0.05, 0) is 56.5 Å². The number of carbonyl (C=O) groups excluding carboxylic acids is 2. The summed E-state index contributed by atoms with van der Waals surface area (Å²) in [7, 11) is 0. The zero-order chi connectivity index (χ0) is 21.5. The number of benzene rings is 1. The number of carbonyl (C=O) groups is 2. The lowest BCUT2D eigenvalue weighted by atomic mass is 10.1. The van der Waals surface area contributed by atoms with Gasteiger partial charge in [-0.1, -0.05) is 22.0 Å². The Morgan fingerprint density at radius 1 is 1.13 bits per heavy atom. The molecule has 2 atom stereocenters. The van der Waals surface area contributed by atoms with E-state index < -0.39 is 0 Å². The molecular weight excluding hydrogens is 460 g/mol. The van der Waals surface area contributed by atoms with Crippen LogP contribution in [-0.4, -0.2) is 33.5 Å². The van der Waals surface area contributed by atoms with Crippen LogP contribution in [0.2, 0.25) is 0 Å². The van der Waals surface area contributed by atoms with Crippen molar-refractivity contribution in [2.45, 2.75) is 38.3 Å². The number of nitrogens with one attached hydrogen (secondary N) is 2. The number of amides is 2. The highest BCUT2D eigenvalue weighted by molar-refractivity contribution is 9.10. The fourth-order valence-corrected chi connectivity index (χ4v) is 4.67. The van der Waals surface area contributed by atoms with Crippen molar-refractivity contribution in [3.63, 3.8) is 0 Å². The summed E-state index contributed by atoms with van der Waals surface area (Å²) in [4.78, 5) is 25.8. The minimum atomic E-state index is -0.257. The maximum Gasteiger partial charge on any atom is 0.287 e. The number of halogens is 1. The molecule has 0 radical (unpaired) electrons. The molecule has 0 saturated heterocycles. The molecule has 158 valence electrons. The summed E-state index contributed by atoms with van der Waals surface area (Å²) in [6.45, 7) is 1.88. The van der Waals surface area contributed by atoms with Crippen molar-refractivity contribution in [2.75, 3.05) is 0 Å². The molecular formula is C23H21BrN4O3. The van der Waals surface area contributed by atoms with Crippen molar-refractivity contribution in [2.24, 2.45) is 0 Å². The molecule has 7 nitrogen and oxygen atoms in total. The zero-order valence-corrected chi connectivity index (χ0v) is 18.5. The molecule has 5 rings (SSSR count).